The number of hydrogen-bond acceptors (Lipinski definition) is 3. The van der Waals surface area contributed by atoms with Gasteiger partial charge < -0.3 is 9.72 Å². The van der Waals surface area contributed by atoms with E-state index in [4.69, 9.17) is 0 Å². The van der Waals surface area contributed by atoms with Crippen molar-refractivity contribution in [2.75, 3.05) is 14.2 Å². The third-order valence-electron chi connectivity index (χ3n) is 0.935. The minimum atomic E-state index is -0.250. The Labute approximate surface area is 70.2 Å². The van der Waals surface area contributed by atoms with Crippen LogP contribution in [0.15, 0.2) is 23.1 Å². The number of hydrogen-bond donors (Lipinski definition) is 1. The maximum atomic E-state index is 10.4. The summed E-state index contributed by atoms with van der Waals surface area (Å²) in [7, 11) is 3.25. The van der Waals surface area contributed by atoms with Crippen LogP contribution >= 0.6 is 0 Å². The fourth-order valence-corrected chi connectivity index (χ4v) is 0.534. The lowest BCUT2D eigenvalue weighted by atomic mass is 10.3. The predicted molar refractivity (Wildman–Crippen MR) is 45.4 cm³/mol. The summed E-state index contributed by atoms with van der Waals surface area (Å²) >= 11 is 0. The van der Waals surface area contributed by atoms with Gasteiger partial charge in [-0.1, -0.05) is 0 Å². The zero-order chi connectivity index (χ0) is 9.40. The number of rotatable bonds is 1. The number of H-pyrrole nitrogens is 1. The van der Waals surface area contributed by atoms with Crippen molar-refractivity contribution < 1.29 is 9.53 Å². The standard InChI is InChI=1S/C6H5NO2.C2H6O/c8-4-5-1-2-7-6(9)3-5;1-3-2/h1-4H,(H,7,9);1-2H3. The lowest BCUT2D eigenvalue weighted by molar-refractivity contribution is 0.112. The molecule has 0 spiro atoms. The number of aromatic amines is 1. The fraction of sp³-hybridized carbons (Fsp3) is 0.250. The van der Waals surface area contributed by atoms with E-state index in [2.05, 4.69) is 9.72 Å². The van der Waals surface area contributed by atoms with Gasteiger partial charge in [0.25, 0.3) is 0 Å². The number of carbonyl (C=O) groups excluding carboxylic acids is 1. The molecule has 1 heterocycles. The van der Waals surface area contributed by atoms with Crippen LogP contribution in [0.1, 0.15) is 10.4 Å². The molecule has 1 N–H and O–H groups in total. The first-order valence-electron chi connectivity index (χ1n) is 3.28. The Balaban J connectivity index is 0.000000354. The molecule has 0 unspecified atom stereocenters. The molecule has 0 atom stereocenters. The SMILES string of the molecule is COC.O=Cc1cc[nH]c(=O)c1. The predicted octanol–water partition coefficient (Wildman–Crippen LogP) is 0.450. The molecule has 0 radical (unpaired) electrons. The van der Waals surface area contributed by atoms with Crippen LogP contribution in [0.2, 0.25) is 0 Å². The smallest absolute Gasteiger partial charge is 0.248 e. The number of aldehydes is 1. The number of aromatic nitrogens is 1. The molecule has 0 aromatic carbocycles. The first-order chi connectivity index (χ1) is 5.74. The molecule has 1 rings (SSSR count). The molecule has 1 aromatic rings. The Morgan fingerprint density at radius 1 is 1.50 bits per heavy atom. The van der Waals surface area contributed by atoms with E-state index in [1.807, 2.05) is 0 Å². The van der Waals surface area contributed by atoms with Crippen molar-refractivity contribution in [1.82, 2.24) is 4.98 Å². The number of methoxy groups -OCH3 is 1. The summed E-state index contributed by atoms with van der Waals surface area (Å²) in [5, 5.41) is 0. The van der Waals surface area contributed by atoms with E-state index in [-0.39, 0.29) is 5.56 Å². The zero-order valence-corrected chi connectivity index (χ0v) is 7.03. The summed E-state index contributed by atoms with van der Waals surface area (Å²) < 4.78 is 4.25. The highest BCUT2D eigenvalue weighted by Gasteiger charge is 1.86. The van der Waals surface area contributed by atoms with Gasteiger partial charge in [0.15, 0.2) is 0 Å². The van der Waals surface area contributed by atoms with E-state index in [1.54, 1.807) is 14.2 Å². The molecule has 0 aliphatic heterocycles. The summed E-state index contributed by atoms with van der Waals surface area (Å²) in [5.41, 5.74) is 0.151. The lowest BCUT2D eigenvalue weighted by Gasteiger charge is -1.82. The minimum absolute atomic E-state index is 0.250. The number of nitrogens with one attached hydrogen (secondary N) is 1. The van der Waals surface area contributed by atoms with Gasteiger partial charge in [-0.3, -0.25) is 9.59 Å². The summed E-state index contributed by atoms with van der Waals surface area (Å²) in [6.07, 6.45) is 2.07. The quantitative estimate of drug-likeness (QED) is 0.621. The van der Waals surface area contributed by atoms with Crippen LogP contribution in [0.25, 0.3) is 0 Å². The fourth-order valence-electron chi connectivity index (χ4n) is 0.534. The Kier molecular flexibility index (Phi) is 5.55. The van der Waals surface area contributed by atoms with Crippen molar-refractivity contribution in [1.29, 1.82) is 0 Å². The van der Waals surface area contributed by atoms with Crippen molar-refractivity contribution in [3.05, 3.63) is 34.2 Å². The Bertz CT molecular complexity index is 280. The minimum Gasteiger partial charge on any atom is -0.388 e. The Morgan fingerprint density at radius 3 is 2.42 bits per heavy atom. The molecule has 0 aliphatic carbocycles. The van der Waals surface area contributed by atoms with Crippen LogP contribution in [0.5, 0.6) is 0 Å². The summed E-state index contributed by atoms with van der Waals surface area (Å²) in [5.74, 6) is 0. The van der Waals surface area contributed by atoms with Crippen molar-refractivity contribution >= 4 is 6.29 Å². The van der Waals surface area contributed by atoms with E-state index in [1.165, 1.54) is 18.3 Å². The average molecular weight is 169 g/mol. The van der Waals surface area contributed by atoms with Crippen molar-refractivity contribution in [2.24, 2.45) is 0 Å². The highest BCUT2D eigenvalue weighted by atomic mass is 16.4. The lowest BCUT2D eigenvalue weighted by Crippen LogP contribution is -2.02. The van der Waals surface area contributed by atoms with Gasteiger partial charge in [0.1, 0.15) is 6.29 Å². The highest BCUT2D eigenvalue weighted by Crippen LogP contribution is 1.83. The Hall–Kier alpha value is -1.42. The summed E-state index contributed by atoms with van der Waals surface area (Å²) in [6.45, 7) is 0. The van der Waals surface area contributed by atoms with Gasteiger partial charge >= 0.3 is 0 Å². The number of ether oxygens (including phenoxy) is 1. The third-order valence-corrected chi connectivity index (χ3v) is 0.935. The molecule has 66 valence electrons. The summed E-state index contributed by atoms with van der Waals surface area (Å²) in [6, 6.07) is 2.78. The molecule has 0 fully saturated rings. The first-order valence-corrected chi connectivity index (χ1v) is 3.28. The van der Waals surface area contributed by atoms with Gasteiger partial charge in [0.2, 0.25) is 5.56 Å². The molecule has 0 saturated heterocycles. The summed E-state index contributed by atoms with van der Waals surface area (Å²) in [4.78, 5) is 22.8. The van der Waals surface area contributed by atoms with Crippen LogP contribution in [-0.2, 0) is 4.74 Å². The maximum absolute atomic E-state index is 10.4. The monoisotopic (exact) mass is 169 g/mol. The van der Waals surface area contributed by atoms with E-state index in [9.17, 15) is 9.59 Å². The normalized spacial score (nSPS) is 8.17. The topological polar surface area (TPSA) is 59.2 Å². The largest absolute Gasteiger partial charge is 0.388 e. The third kappa shape index (κ3) is 4.40. The second-order valence-corrected chi connectivity index (χ2v) is 2.01. The molecular formula is C8H11NO3. The molecule has 4 heteroatoms. The van der Waals surface area contributed by atoms with Gasteiger partial charge in [0, 0.05) is 32.0 Å². The molecule has 0 bridgehead atoms. The van der Waals surface area contributed by atoms with Crippen molar-refractivity contribution in [2.45, 2.75) is 0 Å². The van der Waals surface area contributed by atoms with Gasteiger partial charge in [0.05, 0.1) is 0 Å². The second-order valence-electron chi connectivity index (χ2n) is 2.01. The van der Waals surface area contributed by atoms with Crippen LogP contribution in [0.4, 0.5) is 0 Å². The van der Waals surface area contributed by atoms with E-state index < -0.39 is 0 Å². The first kappa shape index (κ1) is 10.6. The number of carbonyl (C=O) groups is 1. The van der Waals surface area contributed by atoms with Crippen LogP contribution in [-0.4, -0.2) is 25.5 Å². The van der Waals surface area contributed by atoms with E-state index >= 15 is 0 Å². The molecule has 0 amide bonds. The van der Waals surface area contributed by atoms with Crippen LogP contribution in [0, 0.1) is 0 Å². The van der Waals surface area contributed by atoms with Gasteiger partial charge in [-0.05, 0) is 6.07 Å². The number of pyridine rings is 1. The maximum Gasteiger partial charge on any atom is 0.248 e. The van der Waals surface area contributed by atoms with Gasteiger partial charge in [-0.15, -0.1) is 0 Å². The van der Waals surface area contributed by atoms with E-state index in [0.29, 0.717) is 11.8 Å². The van der Waals surface area contributed by atoms with Crippen LogP contribution < -0.4 is 5.56 Å². The molecular weight excluding hydrogens is 158 g/mol. The van der Waals surface area contributed by atoms with Gasteiger partial charge in [-0.2, -0.15) is 0 Å². The van der Waals surface area contributed by atoms with Crippen LogP contribution in [0.3, 0.4) is 0 Å². The molecule has 0 saturated carbocycles. The average Bonchev–Trinajstić information content (AvgIpc) is 2.06. The van der Waals surface area contributed by atoms with Gasteiger partial charge in [-0.25, -0.2) is 0 Å². The van der Waals surface area contributed by atoms with Crippen molar-refractivity contribution in [3.63, 3.8) is 0 Å². The van der Waals surface area contributed by atoms with Crippen molar-refractivity contribution in [3.8, 4) is 0 Å². The Morgan fingerprint density at radius 2 is 2.08 bits per heavy atom. The second kappa shape index (κ2) is 6.30. The molecule has 0 aliphatic rings. The molecule has 12 heavy (non-hydrogen) atoms. The zero-order valence-electron chi connectivity index (χ0n) is 7.03. The van der Waals surface area contributed by atoms with E-state index in [0.717, 1.165) is 0 Å². The molecule has 4 nitrogen and oxygen atoms in total. The molecule has 1 aromatic heterocycles. The highest BCUT2D eigenvalue weighted by molar-refractivity contribution is 5.73.